The van der Waals surface area contributed by atoms with E-state index in [2.05, 4.69) is 15.3 Å². The van der Waals surface area contributed by atoms with Gasteiger partial charge in [-0.15, -0.1) is 0 Å². The van der Waals surface area contributed by atoms with E-state index in [4.69, 9.17) is 11.6 Å². The van der Waals surface area contributed by atoms with Gasteiger partial charge in [-0.3, -0.25) is 0 Å². The first kappa shape index (κ1) is 18.7. The Balaban J connectivity index is 1.96. The molecule has 0 saturated heterocycles. The van der Waals surface area contributed by atoms with Gasteiger partial charge in [-0.1, -0.05) is 23.7 Å². The van der Waals surface area contributed by atoms with Crippen molar-refractivity contribution in [1.29, 1.82) is 0 Å². The van der Waals surface area contributed by atoms with E-state index in [0.29, 0.717) is 12.8 Å². The minimum absolute atomic E-state index is 0.122. The molecule has 0 aliphatic heterocycles. The van der Waals surface area contributed by atoms with Crippen molar-refractivity contribution in [3.8, 4) is 5.69 Å². The molecule has 0 bridgehead atoms. The molecule has 10 heteroatoms. The molecule has 1 aliphatic carbocycles. The van der Waals surface area contributed by atoms with Crippen LogP contribution < -0.4 is 11.0 Å². The molecule has 1 saturated carbocycles. The summed E-state index contributed by atoms with van der Waals surface area (Å²) >= 11 is 6.15. The number of para-hydroxylation sites is 1. The highest BCUT2D eigenvalue weighted by Crippen LogP contribution is 2.32. The molecule has 0 atom stereocenters. The molecule has 1 fully saturated rings. The number of aliphatic hydroxyl groups is 1. The highest BCUT2D eigenvalue weighted by molar-refractivity contribution is 6.32. The molecule has 0 amide bonds. The van der Waals surface area contributed by atoms with Gasteiger partial charge in [0.1, 0.15) is 11.5 Å². The van der Waals surface area contributed by atoms with Gasteiger partial charge >= 0.3 is 11.9 Å². The zero-order valence-electron chi connectivity index (χ0n) is 14.2. The normalized spacial score (nSPS) is 19.5. The number of fused-ring (bicyclic) bond motifs is 1. The first-order chi connectivity index (χ1) is 13.2. The van der Waals surface area contributed by atoms with E-state index in [1.54, 1.807) is 12.1 Å². The third-order valence-electron chi connectivity index (χ3n) is 4.58. The quantitative estimate of drug-likeness (QED) is 0.692. The Morgan fingerprint density at radius 2 is 1.86 bits per heavy atom. The largest absolute Gasteiger partial charge is 0.433 e. The molecule has 2 heterocycles. The number of alkyl halides is 3. The number of rotatable bonds is 3. The highest BCUT2D eigenvalue weighted by Gasteiger charge is 2.34. The molecule has 4 rings (SSSR count). The van der Waals surface area contributed by atoms with Gasteiger partial charge in [-0.25, -0.2) is 14.3 Å². The lowest BCUT2D eigenvalue weighted by Gasteiger charge is -2.32. The van der Waals surface area contributed by atoms with Crippen molar-refractivity contribution in [3.05, 3.63) is 57.6 Å². The molecule has 0 spiro atoms. The van der Waals surface area contributed by atoms with Gasteiger partial charge in [0.05, 0.1) is 22.2 Å². The maximum absolute atomic E-state index is 13.2. The standard InChI is InChI=1S/C18H14ClF3N4O2/c19-12-3-1-2-4-13(12)26-16-11(5-6-14(24-16)18(20,21)22)15(25-17(26)28)23-9-7-10(27)8-9/h1-6,9-10,27H,7-8H2,(H,23,25,28)/t9-,10+. The predicted octanol–water partition coefficient (Wildman–Crippen LogP) is 3.39. The van der Waals surface area contributed by atoms with Crippen LogP contribution in [0.5, 0.6) is 0 Å². The van der Waals surface area contributed by atoms with E-state index >= 15 is 0 Å². The fraction of sp³-hybridized carbons (Fsp3) is 0.278. The second-order valence-electron chi connectivity index (χ2n) is 6.56. The Morgan fingerprint density at radius 3 is 2.50 bits per heavy atom. The molecule has 3 aromatic rings. The number of benzene rings is 1. The third kappa shape index (κ3) is 3.31. The Labute approximate surface area is 161 Å². The maximum atomic E-state index is 13.2. The van der Waals surface area contributed by atoms with Crippen LogP contribution in [0.15, 0.2) is 41.2 Å². The lowest BCUT2D eigenvalue weighted by atomic mass is 9.89. The molecular formula is C18H14ClF3N4O2. The predicted molar refractivity (Wildman–Crippen MR) is 97.8 cm³/mol. The van der Waals surface area contributed by atoms with E-state index in [1.807, 2.05) is 0 Å². The van der Waals surface area contributed by atoms with Crippen molar-refractivity contribution in [2.24, 2.45) is 0 Å². The van der Waals surface area contributed by atoms with Gasteiger partial charge in [0.15, 0.2) is 5.65 Å². The third-order valence-corrected chi connectivity index (χ3v) is 4.90. The number of aromatic nitrogens is 3. The number of hydrogen-bond donors (Lipinski definition) is 2. The van der Waals surface area contributed by atoms with Crippen LogP contribution in [0.2, 0.25) is 5.02 Å². The molecule has 146 valence electrons. The molecule has 28 heavy (non-hydrogen) atoms. The number of halogens is 4. The van der Waals surface area contributed by atoms with E-state index in [9.17, 15) is 23.1 Å². The maximum Gasteiger partial charge on any atom is 0.433 e. The lowest BCUT2D eigenvalue weighted by Crippen LogP contribution is -2.40. The summed E-state index contributed by atoms with van der Waals surface area (Å²) in [7, 11) is 0. The highest BCUT2D eigenvalue weighted by atomic mass is 35.5. The van der Waals surface area contributed by atoms with Crippen LogP contribution in [0.3, 0.4) is 0 Å². The molecule has 1 aromatic carbocycles. The van der Waals surface area contributed by atoms with Crippen molar-refractivity contribution in [1.82, 2.24) is 14.5 Å². The van der Waals surface area contributed by atoms with Crippen LogP contribution >= 0.6 is 11.6 Å². The summed E-state index contributed by atoms with van der Waals surface area (Å²) in [5.41, 5.74) is -1.96. The van der Waals surface area contributed by atoms with Crippen LogP contribution in [0.1, 0.15) is 18.5 Å². The first-order valence-electron chi connectivity index (χ1n) is 8.44. The van der Waals surface area contributed by atoms with Crippen LogP contribution in [0, 0.1) is 0 Å². The summed E-state index contributed by atoms with van der Waals surface area (Å²) in [5, 5.41) is 12.9. The second-order valence-corrected chi connectivity index (χ2v) is 6.97. The molecular weight excluding hydrogens is 397 g/mol. The number of nitrogens with zero attached hydrogens (tertiary/aromatic N) is 3. The van der Waals surface area contributed by atoms with Crippen molar-refractivity contribution >= 4 is 28.5 Å². The van der Waals surface area contributed by atoms with Crippen LogP contribution in [-0.4, -0.2) is 31.8 Å². The second kappa shape index (κ2) is 6.75. The van der Waals surface area contributed by atoms with Crippen molar-refractivity contribution in [2.45, 2.75) is 31.2 Å². The number of pyridine rings is 1. The smallest absolute Gasteiger partial charge is 0.393 e. The lowest BCUT2D eigenvalue weighted by molar-refractivity contribution is -0.141. The number of hydrogen-bond acceptors (Lipinski definition) is 5. The monoisotopic (exact) mass is 410 g/mol. The van der Waals surface area contributed by atoms with Crippen molar-refractivity contribution < 1.29 is 18.3 Å². The van der Waals surface area contributed by atoms with Gasteiger partial charge < -0.3 is 10.4 Å². The van der Waals surface area contributed by atoms with E-state index < -0.39 is 23.7 Å². The SMILES string of the molecule is O=c1nc(N[C@H]2C[C@@H](O)C2)c2ccc(C(F)(F)F)nc2n1-c1ccccc1Cl. The van der Waals surface area contributed by atoms with Gasteiger partial charge in [0.2, 0.25) is 0 Å². The molecule has 0 radical (unpaired) electrons. The van der Waals surface area contributed by atoms with Crippen molar-refractivity contribution in [2.75, 3.05) is 5.32 Å². The van der Waals surface area contributed by atoms with E-state index in [-0.39, 0.29) is 33.6 Å². The Morgan fingerprint density at radius 1 is 1.14 bits per heavy atom. The van der Waals surface area contributed by atoms with Gasteiger partial charge in [0, 0.05) is 6.04 Å². The molecule has 6 nitrogen and oxygen atoms in total. The Bertz CT molecular complexity index is 1110. The minimum Gasteiger partial charge on any atom is -0.393 e. The van der Waals surface area contributed by atoms with Crippen LogP contribution in [-0.2, 0) is 6.18 Å². The summed E-state index contributed by atoms with van der Waals surface area (Å²) in [5.74, 6) is 0.126. The summed E-state index contributed by atoms with van der Waals surface area (Å²) in [6.07, 6.45) is -4.19. The zero-order chi connectivity index (χ0) is 20.1. The fourth-order valence-electron chi connectivity index (χ4n) is 3.12. The van der Waals surface area contributed by atoms with E-state index in [1.165, 1.54) is 18.2 Å². The molecule has 2 aromatic heterocycles. The van der Waals surface area contributed by atoms with Gasteiger partial charge in [-0.05, 0) is 37.1 Å². The Kier molecular flexibility index (Phi) is 4.51. The number of aliphatic hydroxyl groups excluding tert-OH is 1. The van der Waals surface area contributed by atoms with E-state index in [0.717, 1.165) is 10.6 Å². The fourth-order valence-corrected chi connectivity index (χ4v) is 3.34. The zero-order valence-corrected chi connectivity index (χ0v) is 15.0. The molecule has 2 N–H and O–H groups in total. The topological polar surface area (TPSA) is 80.0 Å². The van der Waals surface area contributed by atoms with Gasteiger partial charge in [-0.2, -0.15) is 18.2 Å². The average Bonchev–Trinajstić information content (AvgIpc) is 2.60. The molecule has 1 aliphatic rings. The first-order valence-corrected chi connectivity index (χ1v) is 8.82. The summed E-state index contributed by atoms with van der Waals surface area (Å²) < 4.78 is 40.6. The van der Waals surface area contributed by atoms with Crippen LogP contribution in [0.4, 0.5) is 19.0 Å². The van der Waals surface area contributed by atoms with Crippen molar-refractivity contribution in [3.63, 3.8) is 0 Å². The number of anilines is 1. The number of nitrogens with one attached hydrogen (secondary N) is 1. The van der Waals surface area contributed by atoms with Crippen LogP contribution in [0.25, 0.3) is 16.7 Å². The Hall–Kier alpha value is -2.65. The molecule has 0 unspecified atom stereocenters. The minimum atomic E-state index is -4.68. The summed E-state index contributed by atoms with van der Waals surface area (Å²) in [4.78, 5) is 20.4. The summed E-state index contributed by atoms with van der Waals surface area (Å²) in [6, 6.07) is 8.21. The average molecular weight is 411 g/mol. The van der Waals surface area contributed by atoms with Gasteiger partial charge in [0.25, 0.3) is 0 Å². The summed E-state index contributed by atoms with van der Waals surface area (Å²) in [6.45, 7) is 0.